The Bertz CT molecular complexity index is 834. The van der Waals surface area contributed by atoms with E-state index in [0.717, 1.165) is 16.7 Å². The molecule has 0 spiro atoms. The molecule has 0 radical (unpaired) electrons. The molecule has 1 heterocycles. The Balaban J connectivity index is 2.08. The first-order valence-corrected chi connectivity index (χ1v) is 7.76. The average Bonchev–Trinajstić information content (AvgIpc) is 2.59. The van der Waals surface area contributed by atoms with Crippen LogP contribution in [0, 0.1) is 13.8 Å². The van der Waals surface area contributed by atoms with Crippen LogP contribution in [0.2, 0.25) is 0 Å². The normalized spacial score (nSPS) is 15.0. The molecule has 4 nitrogen and oxygen atoms in total. The highest BCUT2D eigenvalue weighted by Crippen LogP contribution is 2.36. The zero-order valence-electron chi connectivity index (χ0n) is 14.3. The lowest BCUT2D eigenvalue weighted by atomic mass is 9.93. The van der Waals surface area contributed by atoms with E-state index in [0.29, 0.717) is 28.4 Å². The number of carbonyl (C=O) groups excluding carboxylic acids is 1. The van der Waals surface area contributed by atoms with Gasteiger partial charge >= 0.3 is 0 Å². The Morgan fingerprint density at radius 1 is 1.04 bits per heavy atom. The van der Waals surface area contributed by atoms with Gasteiger partial charge in [-0.25, -0.2) is 0 Å². The molecule has 0 aromatic heterocycles. The fourth-order valence-electron chi connectivity index (χ4n) is 2.95. The molecule has 0 unspecified atom stereocenters. The number of ketones is 1. The van der Waals surface area contributed by atoms with Crippen molar-refractivity contribution in [2.24, 2.45) is 0 Å². The molecule has 4 heteroatoms. The molecule has 2 aromatic carbocycles. The van der Waals surface area contributed by atoms with Gasteiger partial charge in [0.25, 0.3) is 0 Å². The van der Waals surface area contributed by atoms with Gasteiger partial charge in [-0.3, -0.25) is 4.79 Å². The Labute approximate surface area is 141 Å². The summed E-state index contributed by atoms with van der Waals surface area (Å²) in [5.74, 6) is 1.92. The van der Waals surface area contributed by atoms with Gasteiger partial charge in [0, 0.05) is 11.1 Å². The Morgan fingerprint density at radius 2 is 1.79 bits per heavy atom. The van der Waals surface area contributed by atoms with Crippen molar-refractivity contribution >= 4 is 11.9 Å². The second-order valence-electron chi connectivity index (χ2n) is 5.77. The maximum Gasteiger partial charge on any atom is 0.196 e. The SMILES string of the molecule is COc1cccc(/C=C2\COc3c(C)ccc(C)c3C2=O)c1OC. The summed E-state index contributed by atoms with van der Waals surface area (Å²) >= 11 is 0. The third-order valence-electron chi connectivity index (χ3n) is 4.22. The van der Waals surface area contributed by atoms with E-state index in [1.54, 1.807) is 14.2 Å². The standard InChI is InChI=1S/C20H20O4/c1-12-8-9-13(2)19-17(12)18(21)15(11-24-19)10-14-6-5-7-16(22-3)20(14)23-4/h5-10H,11H2,1-4H3/b15-10+. The first-order chi connectivity index (χ1) is 11.6. The summed E-state index contributed by atoms with van der Waals surface area (Å²) in [6.45, 7) is 4.12. The third-order valence-corrected chi connectivity index (χ3v) is 4.22. The van der Waals surface area contributed by atoms with Gasteiger partial charge in [-0.15, -0.1) is 0 Å². The number of para-hydroxylation sites is 1. The molecule has 0 atom stereocenters. The molecular weight excluding hydrogens is 304 g/mol. The van der Waals surface area contributed by atoms with E-state index in [1.165, 1.54) is 0 Å². The largest absolute Gasteiger partial charge is 0.493 e. The molecule has 3 rings (SSSR count). The van der Waals surface area contributed by atoms with Gasteiger partial charge in [-0.1, -0.05) is 24.3 Å². The second-order valence-corrected chi connectivity index (χ2v) is 5.77. The predicted octanol–water partition coefficient (Wildman–Crippen LogP) is 3.98. The highest BCUT2D eigenvalue weighted by atomic mass is 16.5. The highest BCUT2D eigenvalue weighted by molar-refractivity contribution is 6.15. The molecule has 0 fully saturated rings. The molecule has 0 saturated carbocycles. The molecule has 124 valence electrons. The fourth-order valence-corrected chi connectivity index (χ4v) is 2.95. The van der Waals surface area contributed by atoms with Crippen molar-refractivity contribution in [1.29, 1.82) is 0 Å². The Kier molecular flexibility index (Phi) is 4.30. The van der Waals surface area contributed by atoms with E-state index in [2.05, 4.69) is 0 Å². The third kappa shape index (κ3) is 2.64. The number of methoxy groups -OCH3 is 2. The van der Waals surface area contributed by atoms with Gasteiger partial charge in [-0.2, -0.15) is 0 Å². The van der Waals surface area contributed by atoms with Gasteiger partial charge < -0.3 is 14.2 Å². The number of rotatable bonds is 3. The summed E-state index contributed by atoms with van der Waals surface area (Å²) < 4.78 is 16.6. The zero-order chi connectivity index (χ0) is 17.3. The van der Waals surface area contributed by atoms with Crippen molar-refractivity contribution in [1.82, 2.24) is 0 Å². The highest BCUT2D eigenvalue weighted by Gasteiger charge is 2.26. The second kappa shape index (κ2) is 6.40. The molecule has 1 aliphatic heterocycles. The van der Waals surface area contributed by atoms with E-state index in [1.807, 2.05) is 50.3 Å². The van der Waals surface area contributed by atoms with E-state index in [-0.39, 0.29) is 12.4 Å². The number of aryl methyl sites for hydroxylation is 2. The first kappa shape index (κ1) is 16.1. The lowest BCUT2D eigenvalue weighted by Crippen LogP contribution is -2.21. The van der Waals surface area contributed by atoms with Crippen LogP contribution in [0.1, 0.15) is 27.0 Å². The van der Waals surface area contributed by atoms with Gasteiger partial charge in [-0.05, 0) is 37.1 Å². The van der Waals surface area contributed by atoms with Gasteiger partial charge in [0.05, 0.1) is 19.8 Å². The molecule has 24 heavy (non-hydrogen) atoms. The van der Waals surface area contributed by atoms with E-state index in [9.17, 15) is 4.79 Å². The topological polar surface area (TPSA) is 44.8 Å². The van der Waals surface area contributed by atoms with Crippen LogP contribution in [0.15, 0.2) is 35.9 Å². The maximum atomic E-state index is 12.9. The summed E-state index contributed by atoms with van der Waals surface area (Å²) in [6, 6.07) is 9.50. The minimum atomic E-state index is 0.00215. The lowest BCUT2D eigenvalue weighted by Gasteiger charge is -2.22. The van der Waals surface area contributed by atoms with Crippen LogP contribution in [0.25, 0.3) is 6.08 Å². The van der Waals surface area contributed by atoms with Crippen LogP contribution in [0.3, 0.4) is 0 Å². The van der Waals surface area contributed by atoms with Gasteiger partial charge in [0.1, 0.15) is 12.4 Å². The van der Waals surface area contributed by atoms with Gasteiger partial charge in [0.2, 0.25) is 0 Å². The summed E-state index contributed by atoms with van der Waals surface area (Å²) in [6.07, 6.45) is 1.81. The number of carbonyl (C=O) groups is 1. The Morgan fingerprint density at radius 3 is 2.50 bits per heavy atom. The molecule has 0 amide bonds. The average molecular weight is 324 g/mol. The lowest BCUT2D eigenvalue weighted by molar-refractivity contribution is 0.0999. The number of ether oxygens (including phenoxy) is 3. The molecule has 0 saturated heterocycles. The summed E-state index contributed by atoms with van der Waals surface area (Å²) in [7, 11) is 3.17. The van der Waals surface area contributed by atoms with Crippen molar-refractivity contribution in [2.45, 2.75) is 13.8 Å². The van der Waals surface area contributed by atoms with Crippen LogP contribution in [0.4, 0.5) is 0 Å². The molecular formula is C20H20O4. The maximum absolute atomic E-state index is 12.9. The molecule has 1 aliphatic rings. The molecule has 0 N–H and O–H groups in total. The van der Waals surface area contributed by atoms with Gasteiger partial charge in [0.15, 0.2) is 17.3 Å². The van der Waals surface area contributed by atoms with Crippen molar-refractivity contribution < 1.29 is 19.0 Å². The van der Waals surface area contributed by atoms with Crippen LogP contribution in [0.5, 0.6) is 17.2 Å². The van der Waals surface area contributed by atoms with E-state index < -0.39 is 0 Å². The zero-order valence-corrected chi connectivity index (χ0v) is 14.3. The fraction of sp³-hybridized carbons (Fsp3) is 0.250. The Hall–Kier alpha value is -2.75. The number of hydrogen-bond acceptors (Lipinski definition) is 4. The number of fused-ring (bicyclic) bond motifs is 1. The number of Topliss-reactive ketones (excluding diaryl/α,β-unsaturated/α-hetero) is 1. The molecule has 0 aliphatic carbocycles. The number of hydrogen-bond donors (Lipinski definition) is 0. The van der Waals surface area contributed by atoms with E-state index in [4.69, 9.17) is 14.2 Å². The smallest absolute Gasteiger partial charge is 0.196 e. The molecule has 2 aromatic rings. The van der Waals surface area contributed by atoms with Crippen LogP contribution >= 0.6 is 0 Å². The summed E-state index contributed by atoms with van der Waals surface area (Å²) in [4.78, 5) is 12.9. The first-order valence-electron chi connectivity index (χ1n) is 7.76. The van der Waals surface area contributed by atoms with Crippen molar-refractivity contribution in [3.63, 3.8) is 0 Å². The monoisotopic (exact) mass is 324 g/mol. The summed E-state index contributed by atoms with van der Waals surface area (Å²) in [5.41, 5.74) is 3.93. The summed E-state index contributed by atoms with van der Waals surface area (Å²) in [5, 5.41) is 0. The quantitative estimate of drug-likeness (QED) is 0.801. The van der Waals surface area contributed by atoms with Crippen molar-refractivity contribution in [2.75, 3.05) is 20.8 Å². The predicted molar refractivity (Wildman–Crippen MR) is 93.3 cm³/mol. The van der Waals surface area contributed by atoms with Crippen molar-refractivity contribution in [3.05, 3.63) is 58.2 Å². The van der Waals surface area contributed by atoms with E-state index >= 15 is 0 Å². The number of benzene rings is 2. The van der Waals surface area contributed by atoms with Crippen LogP contribution in [-0.4, -0.2) is 26.6 Å². The molecule has 0 bridgehead atoms. The van der Waals surface area contributed by atoms with Crippen LogP contribution in [-0.2, 0) is 0 Å². The minimum absolute atomic E-state index is 0.00215. The van der Waals surface area contributed by atoms with Crippen molar-refractivity contribution in [3.8, 4) is 17.2 Å². The van der Waals surface area contributed by atoms with Crippen LogP contribution < -0.4 is 14.2 Å². The minimum Gasteiger partial charge on any atom is -0.493 e.